The van der Waals surface area contributed by atoms with Crippen molar-refractivity contribution in [2.24, 2.45) is 5.92 Å². The maximum Gasteiger partial charge on any atom is 0.338 e. The predicted octanol–water partition coefficient (Wildman–Crippen LogP) is 2.92. The highest BCUT2D eigenvalue weighted by Crippen LogP contribution is 2.27. The number of esters is 1. The average Bonchev–Trinajstić information content (AvgIpc) is 2.48. The fraction of sp³-hybridized carbons (Fsp3) is 0.500. The first kappa shape index (κ1) is 15.4. The van der Waals surface area contributed by atoms with Crippen LogP contribution in [0.4, 0.5) is 5.69 Å². The summed E-state index contributed by atoms with van der Waals surface area (Å²) in [5.74, 6) is -1.33. The summed E-state index contributed by atoms with van der Waals surface area (Å²) in [6, 6.07) is 7.28. The molecule has 0 bridgehead atoms. The molecule has 2 unspecified atom stereocenters. The van der Waals surface area contributed by atoms with E-state index in [1.807, 2.05) is 6.07 Å². The average molecular weight is 291 g/mol. The third kappa shape index (κ3) is 4.21. The Kier molecular flexibility index (Phi) is 5.20. The number of nitrogens with one attached hydrogen (secondary N) is 1. The molecule has 2 N–H and O–H groups in total. The molecule has 0 saturated heterocycles. The van der Waals surface area contributed by atoms with Crippen molar-refractivity contribution in [1.29, 1.82) is 0 Å². The summed E-state index contributed by atoms with van der Waals surface area (Å²) in [4.78, 5) is 22.8. The van der Waals surface area contributed by atoms with Gasteiger partial charge in [0.2, 0.25) is 0 Å². The maximum absolute atomic E-state index is 11.7. The number of aliphatic carboxylic acids is 1. The van der Waals surface area contributed by atoms with Gasteiger partial charge in [-0.1, -0.05) is 12.5 Å². The van der Waals surface area contributed by atoms with Crippen molar-refractivity contribution in [3.05, 3.63) is 29.8 Å². The number of carbonyl (C=O) groups excluding carboxylic acids is 1. The molecular weight excluding hydrogens is 270 g/mol. The summed E-state index contributed by atoms with van der Waals surface area (Å²) >= 11 is 0. The van der Waals surface area contributed by atoms with Crippen LogP contribution < -0.4 is 5.32 Å². The minimum absolute atomic E-state index is 0.136. The van der Waals surface area contributed by atoms with Crippen molar-refractivity contribution in [3.8, 4) is 0 Å². The van der Waals surface area contributed by atoms with E-state index in [0.717, 1.165) is 24.9 Å². The molecule has 0 spiro atoms. The highest BCUT2D eigenvalue weighted by Gasteiger charge is 2.26. The zero-order chi connectivity index (χ0) is 15.2. The Labute approximate surface area is 124 Å². The van der Waals surface area contributed by atoms with Crippen LogP contribution in [-0.4, -0.2) is 29.7 Å². The number of carboxylic acid groups (broad SMARTS) is 1. The molecule has 1 aliphatic carbocycles. The molecule has 0 heterocycles. The maximum atomic E-state index is 11.7. The zero-order valence-electron chi connectivity index (χ0n) is 12.2. The zero-order valence-corrected chi connectivity index (χ0v) is 12.2. The molecule has 0 radical (unpaired) electrons. The quantitative estimate of drug-likeness (QED) is 0.816. The van der Waals surface area contributed by atoms with Crippen molar-refractivity contribution in [2.75, 3.05) is 11.9 Å². The van der Waals surface area contributed by atoms with E-state index in [0.29, 0.717) is 18.6 Å². The molecule has 1 fully saturated rings. The van der Waals surface area contributed by atoms with E-state index in [1.165, 1.54) is 0 Å². The molecule has 5 heteroatoms. The Morgan fingerprint density at radius 2 is 2.19 bits per heavy atom. The molecule has 0 amide bonds. The molecule has 0 aliphatic heterocycles. The number of anilines is 1. The summed E-state index contributed by atoms with van der Waals surface area (Å²) in [5.41, 5.74) is 1.34. The van der Waals surface area contributed by atoms with Crippen LogP contribution in [0.2, 0.25) is 0 Å². The van der Waals surface area contributed by atoms with Gasteiger partial charge in [-0.3, -0.25) is 4.79 Å². The first-order chi connectivity index (χ1) is 10.1. The van der Waals surface area contributed by atoms with E-state index in [2.05, 4.69) is 5.32 Å². The summed E-state index contributed by atoms with van der Waals surface area (Å²) in [7, 11) is 0. The van der Waals surface area contributed by atoms with E-state index in [1.54, 1.807) is 25.1 Å². The number of benzene rings is 1. The topological polar surface area (TPSA) is 75.6 Å². The van der Waals surface area contributed by atoms with Crippen molar-refractivity contribution in [3.63, 3.8) is 0 Å². The van der Waals surface area contributed by atoms with Crippen LogP contribution in [0.5, 0.6) is 0 Å². The second kappa shape index (κ2) is 7.11. The van der Waals surface area contributed by atoms with Gasteiger partial charge in [0.1, 0.15) is 0 Å². The van der Waals surface area contributed by atoms with Crippen molar-refractivity contribution in [1.82, 2.24) is 0 Å². The normalized spacial score (nSPS) is 21.6. The second-order valence-electron chi connectivity index (χ2n) is 5.34. The molecule has 2 rings (SSSR count). The molecule has 1 aromatic rings. The Morgan fingerprint density at radius 1 is 1.38 bits per heavy atom. The van der Waals surface area contributed by atoms with Gasteiger partial charge >= 0.3 is 11.9 Å². The monoisotopic (exact) mass is 291 g/mol. The highest BCUT2D eigenvalue weighted by atomic mass is 16.5. The minimum atomic E-state index is -0.721. The number of carbonyl (C=O) groups is 2. The van der Waals surface area contributed by atoms with Crippen LogP contribution in [0.15, 0.2) is 24.3 Å². The van der Waals surface area contributed by atoms with E-state index in [-0.39, 0.29) is 17.9 Å². The van der Waals surface area contributed by atoms with Crippen LogP contribution in [-0.2, 0) is 9.53 Å². The smallest absolute Gasteiger partial charge is 0.338 e. The first-order valence-corrected chi connectivity index (χ1v) is 7.36. The van der Waals surface area contributed by atoms with Crippen molar-refractivity contribution in [2.45, 2.75) is 38.6 Å². The Bertz CT molecular complexity index is 515. The molecular formula is C16H21NO4. The number of hydrogen-bond acceptors (Lipinski definition) is 4. The summed E-state index contributed by atoms with van der Waals surface area (Å²) in [6.07, 6.45) is 3.23. The molecule has 1 aliphatic rings. The molecule has 2 atom stereocenters. The van der Waals surface area contributed by atoms with E-state index in [4.69, 9.17) is 9.84 Å². The third-order valence-electron chi connectivity index (χ3n) is 3.77. The van der Waals surface area contributed by atoms with Gasteiger partial charge in [-0.2, -0.15) is 0 Å². The van der Waals surface area contributed by atoms with Gasteiger partial charge in [0.05, 0.1) is 18.1 Å². The lowest BCUT2D eigenvalue weighted by molar-refractivity contribution is -0.142. The largest absolute Gasteiger partial charge is 0.481 e. The lowest BCUT2D eigenvalue weighted by Crippen LogP contribution is -2.31. The Balaban J connectivity index is 2.01. The van der Waals surface area contributed by atoms with Crippen molar-refractivity contribution >= 4 is 17.6 Å². The number of rotatable bonds is 5. The standard InChI is InChI=1S/C16H21NO4/c1-2-21-16(20)12-6-4-8-14(10-12)17-13-7-3-5-11(9-13)15(18)19/h4,6,8,10-11,13,17H,2-3,5,7,9H2,1H3,(H,18,19). The third-order valence-corrected chi connectivity index (χ3v) is 3.77. The van der Waals surface area contributed by atoms with E-state index < -0.39 is 5.97 Å². The van der Waals surface area contributed by atoms with Crippen LogP contribution in [0.1, 0.15) is 43.0 Å². The number of ether oxygens (including phenoxy) is 1. The molecule has 1 aromatic carbocycles. The summed E-state index contributed by atoms with van der Waals surface area (Å²) in [6.45, 7) is 2.12. The Hall–Kier alpha value is -2.04. The number of carboxylic acids is 1. The van der Waals surface area contributed by atoms with Gasteiger partial charge in [-0.25, -0.2) is 4.79 Å². The van der Waals surface area contributed by atoms with E-state index in [9.17, 15) is 9.59 Å². The molecule has 21 heavy (non-hydrogen) atoms. The fourth-order valence-electron chi connectivity index (χ4n) is 2.73. The van der Waals surface area contributed by atoms with E-state index >= 15 is 0 Å². The molecule has 114 valence electrons. The van der Waals surface area contributed by atoms with Gasteiger partial charge in [0.25, 0.3) is 0 Å². The lowest BCUT2D eigenvalue weighted by atomic mass is 9.85. The van der Waals surface area contributed by atoms with Crippen LogP contribution in [0.3, 0.4) is 0 Å². The summed E-state index contributed by atoms with van der Waals surface area (Å²) < 4.78 is 4.98. The Morgan fingerprint density at radius 3 is 2.90 bits per heavy atom. The first-order valence-electron chi connectivity index (χ1n) is 7.36. The summed E-state index contributed by atoms with van der Waals surface area (Å²) in [5, 5.41) is 12.4. The number of hydrogen-bond donors (Lipinski definition) is 2. The molecule has 0 aromatic heterocycles. The molecule has 5 nitrogen and oxygen atoms in total. The van der Waals surface area contributed by atoms with Gasteiger partial charge < -0.3 is 15.2 Å². The predicted molar refractivity (Wildman–Crippen MR) is 79.4 cm³/mol. The fourth-order valence-corrected chi connectivity index (χ4v) is 2.73. The minimum Gasteiger partial charge on any atom is -0.481 e. The van der Waals surface area contributed by atoms with Crippen LogP contribution >= 0.6 is 0 Å². The SMILES string of the molecule is CCOC(=O)c1cccc(NC2CCCC(C(=O)O)C2)c1. The lowest BCUT2D eigenvalue weighted by Gasteiger charge is -2.28. The van der Waals surface area contributed by atoms with Gasteiger partial charge in [-0.15, -0.1) is 0 Å². The van der Waals surface area contributed by atoms with Gasteiger partial charge in [0, 0.05) is 11.7 Å². The van der Waals surface area contributed by atoms with Crippen LogP contribution in [0.25, 0.3) is 0 Å². The second-order valence-corrected chi connectivity index (χ2v) is 5.34. The van der Waals surface area contributed by atoms with Gasteiger partial charge in [-0.05, 0) is 44.4 Å². The molecule has 1 saturated carbocycles. The highest BCUT2D eigenvalue weighted by molar-refractivity contribution is 5.90. The van der Waals surface area contributed by atoms with Crippen molar-refractivity contribution < 1.29 is 19.4 Å². The van der Waals surface area contributed by atoms with Gasteiger partial charge in [0.15, 0.2) is 0 Å². The van der Waals surface area contributed by atoms with Crippen LogP contribution in [0, 0.1) is 5.92 Å².